The van der Waals surface area contributed by atoms with Crippen molar-refractivity contribution in [3.63, 3.8) is 0 Å². The van der Waals surface area contributed by atoms with Crippen LogP contribution < -0.4 is 4.74 Å². The Morgan fingerprint density at radius 1 is 1.25 bits per heavy atom. The average Bonchev–Trinajstić information content (AvgIpc) is 3.35. The third-order valence-corrected chi connectivity index (χ3v) is 8.99. The number of phenolic OH excluding ortho intramolecular Hbond substituents is 1. The van der Waals surface area contributed by atoms with Crippen LogP contribution in [0.1, 0.15) is 43.7 Å². The zero-order valence-electron chi connectivity index (χ0n) is 16.4. The minimum atomic E-state index is -1.51. The van der Waals surface area contributed by atoms with Crippen LogP contribution in [0.25, 0.3) is 0 Å². The second-order valence-corrected chi connectivity index (χ2v) is 10.1. The van der Waals surface area contributed by atoms with Crippen LogP contribution in [0.3, 0.4) is 0 Å². The van der Waals surface area contributed by atoms with E-state index in [0.29, 0.717) is 12.2 Å². The van der Waals surface area contributed by atoms with Crippen LogP contribution in [0.2, 0.25) is 0 Å². The summed E-state index contributed by atoms with van der Waals surface area (Å²) in [5, 5.41) is 44.3. The van der Waals surface area contributed by atoms with Crippen LogP contribution >= 0.6 is 0 Å². The molecule has 6 heteroatoms. The Kier molecular flexibility index (Phi) is 3.15. The maximum atomic E-state index is 12.3. The molecule has 1 saturated heterocycles. The minimum absolute atomic E-state index is 0.0264. The lowest BCUT2D eigenvalue weighted by atomic mass is 9.55. The van der Waals surface area contributed by atoms with Crippen molar-refractivity contribution in [1.82, 2.24) is 0 Å². The van der Waals surface area contributed by atoms with Gasteiger partial charge in [-0.1, -0.05) is 6.07 Å². The summed E-state index contributed by atoms with van der Waals surface area (Å²) < 4.78 is 7.05. The molecule has 1 aromatic carbocycles. The van der Waals surface area contributed by atoms with Gasteiger partial charge in [0.05, 0.1) is 31.7 Å². The molecule has 3 aliphatic carbocycles. The molecule has 28 heavy (non-hydrogen) atoms. The standard InChI is InChI=1S/C22H29NO5/c1-2-23(10-13-3-4-13)8-7-21-17-14-5-6-15(25)18(17)28-19(21)20(26,12-24)11-22(21,27)16(23)9-14/h5-6,13,16,19,24,26-27H,2-4,7-12H2,1H3/p+1/t16?,19-,20?,21?,22?,23?/m0/s1. The van der Waals surface area contributed by atoms with Gasteiger partial charge in [0.25, 0.3) is 0 Å². The van der Waals surface area contributed by atoms with E-state index in [9.17, 15) is 20.4 Å². The average molecular weight is 388 g/mol. The Balaban J connectivity index is 1.61. The molecule has 2 saturated carbocycles. The molecule has 0 amide bonds. The third kappa shape index (κ3) is 1.72. The van der Waals surface area contributed by atoms with Gasteiger partial charge in [-0.3, -0.25) is 0 Å². The number of hydrogen-bond donors (Lipinski definition) is 4. The summed E-state index contributed by atoms with van der Waals surface area (Å²) in [6.07, 6.45) is 3.38. The predicted octanol–water partition coefficient (Wildman–Crippen LogP) is 0.824. The maximum Gasteiger partial charge on any atom is 0.165 e. The Bertz CT molecular complexity index is 871. The molecule has 2 bridgehead atoms. The molecule has 2 aliphatic heterocycles. The van der Waals surface area contributed by atoms with Crippen molar-refractivity contribution in [1.29, 1.82) is 0 Å². The normalized spacial score (nSPS) is 47.7. The fraction of sp³-hybridized carbons (Fsp3) is 0.727. The van der Waals surface area contributed by atoms with Crippen molar-refractivity contribution in [3.05, 3.63) is 23.3 Å². The first kappa shape index (κ1) is 17.5. The van der Waals surface area contributed by atoms with Crippen molar-refractivity contribution in [2.75, 3.05) is 26.2 Å². The van der Waals surface area contributed by atoms with Gasteiger partial charge in [-0.15, -0.1) is 0 Å². The molecule has 0 aromatic heterocycles. The van der Waals surface area contributed by atoms with Crippen LogP contribution in [-0.4, -0.2) is 74.5 Å². The van der Waals surface area contributed by atoms with E-state index in [2.05, 4.69) is 6.92 Å². The molecule has 6 rings (SSSR count). The van der Waals surface area contributed by atoms with Crippen LogP contribution in [0.4, 0.5) is 0 Å². The van der Waals surface area contributed by atoms with Gasteiger partial charge in [0.1, 0.15) is 23.3 Å². The molecular weight excluding hydrogens is 358 g/mol. The van der Waals surface area contributed by atoms with Crippen LogP contribution in [0.5, 0.6) is 11.5 Å². The first-order valence-corrected chi connectivity index (χ1v) is 10.8. The second-order valence-electron chi connectivity index (χ2n) is 10.1. The van der Waals surface area contributed by atoms with Crippen molar-refractivity contribution in [3.8, 4) is 11.5 Å². The molecule has 1 aromatic rings. The highest BCUT2D eigenvalue weighted by Crippen LogP contribution is 2.70. The molecule has 6 atom stereocenters. The fourth-order valence-corrected chi connectivity index (χ4v) is 7.62. The lowest BCUT2D eigenvalue weighted by molar-refractivity contribution is -0.965. The maximum absolute atomic E-state index is 12.3. The molecular formula is C22H30NO5+. The van der Waals surface area contributed by atoms with Gasteiger partial charge < -0.3 is 29.6 Å². The lowest BCUT2D eigenvalue weighted by Crippen LogP contribution is -2.77. The molecule has 2 heterocycles. The summed E-state index contributed by atoms with van der Waals surface area (Å²) in [5.74, 6) is 1.20. The molecule has 152 valence electrons. The molecule has 5 unspecified atom stereocenters. The van der Waals surface area contributed by atoms with E-state index < -0.39 is 29.3 Å². The lowest BCUT2D eigenvalue weighted by Gasteiger charge is -2.61. The van der Waals surface area contributed by atoms with Gasteiger partial charge in [0.2, 0.25) is 0 Å². The first-order valence-electron chi connectivity index (χ1n) is 10.8. The zero-order valence-corrected chi connectivity index (χ0v) is 16.4. The van der Waals surface area contributed by atoms with Crippen molar-refractivity contribution in [2.24, 2.45) is 5.92 Å². The van der Waals surface area contributed by atoms with E-state index in [0.717, 1.165) is 47.6 Å². The van der Waals surface area contributed by atoms with E-state index in [1.54, 1.807) is 6.07 Å². The van der Waals surface area contributed by atoms with Crippen LogP contribution in [-0.2, 0) is 11.8 Å². The molecule has 0 radical (unpaired) electrons. The topological polar surface area (TPSA) is 90.2 Å². The van der Waals surface area contributed by atoms with Crippen molar-refractivity contribution < 1.29 is 29.6 Å². The molecule has 4 N–H and O–H groups in total. The Hall–Kier alpha value is -1.34. The Morgan fingerprint density at radius 2 is 2.04 bits per heavy atom. The number of likely N-dealkylation sites (tertiary alicyclic amines) is 1. The molecule has 5 aliphatic rings. The van der Waals surface area contributed by atoms with E-state index in [1.807, 2.05) is 6.07 Å². The van der Waals surface area contributed by atoms with Gasteiger partial charge in [-0.25, -0.2) is 0 Å². The van der Waals surface area contributed by atoms with Gasteiger partial charge in [-0.2, -0.15) is 0 Å². The number of phenols is 1. The summed E-state index contributed by atoms with van der Waals surface area (Å²) in [7, 11) is 0. The number of aliphatic hydroxyl groups excluding tert-OH is 1. The highest BCUT2D eigenvalue weighted by Gasteiger charge is 2.82. The fourth-order valence-electron chi connectivity index (χ4n) is 7.62. The number of aliphatic hydroxyl groups is 3. The highest BCUT2D eigenvalue weighted by atomic mass is 16.5. The van der Waals surface area contributed by atoms with Gasteiger partial charge in [-0.05, 0) is 31.4 Å². The zero-order chi connectivity index (χ0) is 19.5. The van der Waals surface area contributed by atoms with Crippen molar-refractivity contribution >= 4 is 0 Å². The number of rotatable bonds is 4. The molecule has 1 spiro atoms. The minimum Gasteiger partial charge on any atom is -0.504 e. The van der Waals surface area contributed by atoms with E-state index in [4.69, 9.17) is 4.74 Å². The van der Waals surface area contributed by atoms with E-state index in [-0.39, 0.29) is 18.2 Å². The number of likely N-dealkylation sites (N-methyl/N-ethyl adjacent to an activating group) is 1. The number of hydrogen-bond acceptors (Lipinski definition) is 5. The monoisotopic (exact) mass is 388 g/mol. The SMILES string of the molecule is CC[N+]1(CC2CC2)CCC23c4c5ccc(O)c4O[C@H]2C(O)(CO)CC3(O)C1C5. The van der Waals surface area contributed by atoms with E-state index in [1.165, 1.54) is 12.8 Å². The largest absolute Gasteiger partial charge is 0.504 e. The summed E-state index contributed by atoms with van der Waals surface area (Å²) >= 11 is 0. The summed E-state index contributed by atoms with van der Waals surface area (Å²) in [5.41, 5.74) is -1.39. The smallest absolute Gasteiger partial charge is 0.165 e. The second kappa shape index (κ2) is 5.04. The summed E-state index contributed by atoms with van der Waals surface area (Å²) in [6.45, 7) is 4.76. The van der Waals surface area contributed by atoms with Gasteiger partial charge in [0.15, 0.2) is 11.5 Å². The first-order chi connectivity index (χ1) is 13.3. The summed E-state index contributed by atoms with van der Waals surface area (Å²) in [6, 6.07) is 3.62. The number of benzene rings is 1. The number of aromatic hydroxyl groups is 1. The Morgan fingerprint density at radius 3 is 2.71 bits per heavy atom. The van der Waals surface area contributed by atoms with Crippen LogP contribution in [0.15, 0.2) is 12.1 Å². The predicted molar refractivity (Wildman–Crippen MR) is 101 cm³/mol. The Labute approximate surface area is 165 Å². The van der Waals surface area contributed by atoms with Crippen LogP contribution in [0, 0.1) is 5.92 Å². The number of piperidine rings is 1. The number of ether oxygens (including phenoxy) is 1. The third-order valence-electron chi connectivity index (χ3n) is 8.99. The molecule has 3 fully saturated rings. The summed E-state index contributed by atoms with van der Waals surface area (Å²) in [4.78, 5) is 0. The number of nitrogens with zero attached hydrogens (tertiary/aromatic N) is 1. The molecule has 6 nitrogen and oxygen atoms in total. The van der Waals surface area contributed by atoms with Gasteiger partial charge >= 0.3 is 0 Å². The number of quaternary nitrogens is 1. The van der Waals surface area contributed by atoms with E-state index >= 15 is 0 Å². The van der Waals surface area contributed by atoms with Crippen molar-refractivity contribution in [2.45, 2.75) is 67.8 Å². The highest BCUT2D eigenvalue weighted by molar-refractivity contribution is 5.63. The van der Waals surface area contributed by atoms with Gasteiger partial charge in [0, 0.05) is 30.7 Å². The quantitative estimate of drug-likeness (QED) is 0.574.